The predicted molar refractivity (Wildman–Crippen MR) is 125 cm³/mol. The molecular formula is C26H33N3O3. The normalized spacial score (nSPS) is 20.2. The van der Waals surface area contributed by atoms with Crippen LogP contribution in [0.3, 0.4) is 0 Å². The molecule has 1 fully saturated rings. The molecule has 2 aromatic carbocycles. The van der Waals surface area contributed by atoms with Crippen molar-refractivity contribution in [3.63, 3.8) is 0 Å². The second kappa shape index (κ2) is 10.2. The molecule has 1 saturated heterocycles. The van der Waals surface area contributed by atoms with Crippen LogP contribution in [0.25, 0.3) is 0 Å². The summed E-state index contributed by atoms with van der Waals surface area (Å²) >= 11 is 0. The minimum atomic E-state index is -0.0265. The average Bonchev–Trinajstić information content (AvgIpc) is 3.04. The number of carbonyl (C=O) groups excluding carboxylic acids is 2. The molecule has 2 aliphatic heterocycles. The van der Waals surface area contributed by atoms with Crippen molar-refractivity contribution in [1.29, 1.82) is 0 Å². The third kappa shape index (κ3) is 4.80. The number of benzene rings is 2. The zero-order valence-electron chi connectivity index (χ0n) is 19.0. The number of hydrogen-bond acceptors (Lipinski definition) is 4. The number of rotatable bonds is 7. The van der Waals surface area contributed by atoms with Crippen molar-refractivity contribution in [3.8, 4) is 5.75 Å². The van der Waals surface area contributed by atoms with Gasteiger partial charge < -0.3 is 20.3 Å². The summed E-state index contributed by atoms with van der Waals surface area (Å²) in [4.78, 5) is 26.5. The van der Waals surface area contributed by atoms with E-state index in [1.165, 1.54) is 5.56 Å². The Labute approximate surface area is 190 Å². The van der Waals surface area contributed by atoms with Crippen LogP contribution in [0, 0.1) is 5.92 Å². The van der Waals surface area contributed by atoms with E-state index < -0.39 is 0 Å². The van der Waals surface area contributed by atoms with Crippen molar-refractivity contribution in [2.45, 2.75) is 39.2 Å². The number of nitrogens with zero attached hydrogens (tertiary/aromatic N) is 1. The summed E-state index contributed by atoms with van der Waals surface area (Å²) in [6.45, 7) is 8.59. The fraction of sp³-hybridized carbons (Fsp3) is 0.462. The maximum absolute atomic E-state index is 12.6. The minimum Gasteiger partial charge on any atom is -0.493 e. The number of ether oxygens (including phenoxy) is 1. The molecule has 6 heteroatoms. The van der Waals surface area contributed by atoms with Crippen molar-refractivity contribution >= 4 is 11.8 Å². The molecule has 2 unspecified atom stereocenters. The molecule has 6 nitrogen and oxygen atoms in total. The molecule has 32 heavy (non-hydrogen) atoms. The predicted octanol–water partition coefficient (Wildman–Crippen LogP) is 3.57. The van der Waals surface area contributed by atoms with Crippen LogP contribution < -0.4 is 15.4 Å². The van der Waals surface area contributed by atoms with Gasteiger partial charge in [0.2, 0.25) is 0 Å². The molecule has 0 saturated carbocycles. The lowest BCUT2D eigenvalue weighted by molar-refractivity contribution is 0.0772. The van der Waals surface area contributed by atoms with E-state index in [-0.39, 0.29) is 11.8 Å². The highest BCUT2D eigenvalue weighted by Gasteiger charge is 2.27. The summed E-state index contributed by atoms with van der Waals surface area (Å²) in [6.07, 6.45) is 2.06. The second-order valence-corrected chi connectivity index (χ2v) is 8.61. The summed E-state index contributed by atoms with van der Waals surface area (Å²) in [5, 5.41) is 6.36. The Hall–Kier alpha value is -2.86. The lowest BCUT2D eigenvalue weighted by atomic mass is 9.82. The monoisotopic (exact) mass is 435 g/mol. The molecule has 0 spiro atoms. The Morgan fingerprint density at radius 2 is 1.81 bits per heavy atom. The average molecular weight is 436 g/mol. The van der Waals surface area contributed by atoms with Crippen LogP contribution in [-0.2, 0) is 6.54 Å². The van der Waals surface area contributed by atoms with Crippen LogP contribution in [-0.4, -0.2) is 49.5 Å². The first kappa shape index (κ1) is 22.3. The van der Waals surface area contributed by atoms with Crippen molar-refractivity contribution < 1.29 is 14.3 Å². The van der Waals surface area contributed by atoms with Gasteiger partial charge in [0.25, 0.3) is 11.8 Å². The minimum absolute atomic E-state index is 0.0265. The fourth-order valence-electron chi connectivity index (χ4n) is 4.80. The van der Waals surface area contributed by atoms with Crippen LogP contribution in [0.4, 0.5) is 0 Å². The molecule has 2 heterocycles. The van der Waals surface area contributed by atoms with E-state index in [1.807, 2.05) is 49.1 Å². The highest BCUT2D eigenvalue weighted by Crippen LogP contribution is 2.33. The van der Waals surface area contributed by atoms with E-state index in [4.69, 9.17) is 4.74 Å². The van der Waals surface area contributed by atoms with Crippen LogP contribution in [0.5, 0.6) is 5.75 Å². The van der Waals surface area contributed by atoms with E-state index in [2.05, 4.69) is 22.8 Å². The summed E-state index contributed by atoms with van der Waals surface area (Å²) < 4.78 is 6.18. The maximum Gasteiger partial charge on any atom is 0.253 e. The molecular weight excluding hydrogens is 402 g/mol. The van der Waals surface area contributed by atoms with Gasteiger partial charge in [-0.05, 0) is 81.1 Å². The first-order valence-electron chi connectivity index (χ1n) is 11.7. The Balaban J connectivity index is 1.46. The molecule has 0 radical (unpaired) electrons. The van der Waals surface area contributed by atoms with Gasteiger partial charge in [0.1, 0.15) is 5.75 Å². The summed E-state index contributed by atoms with van der Waals surface area (Å²) in [6, 6.07) is 13.9. The lowest BCUT2D eigenvalue weighted by Crippen LogP contribution is -2.30. The zero-order valence-corrected chi connectivity index (χ0v) is 19.0. The third-order valence-corrected chi connectivity index (χ3v) is 6.76. The molecule has 0 aromatic heterocycles. The van der Waals surface area contributed by atoms with Crippen LogP contribution >= 0.6 is 0 Å². The summed E-state index contributed by atoms with van der Waals surface area (Å²) in [5.74, 6) is 1.53. The van der Waals surface area contributed by atoms with E-state index in [0.29, 0.717) is 25.0 Å². The molecule has 2 aromatic rings. The quantitative estimate of drug-likeness (QED) is 0.698. The third-order valence-electron chi connectivity index (χ3n) is 6.76. The lowest BCUT2D eigenvalue weighted by Gasteiger charge is -2.26. The van der Waals surface area contributed by atoms with Crippen LogP contribution in [0.2, 0.25) is 0 Å². The molecule has 2 N–H and O–H groups in total. The Bertz CT molecular complexity index is 953. The summed E-state index contributed by atoms with van der Waals surface area (Å²) in [7, 11) is 0. The van der Waals surface area contributed by atoms with E-state index in [1.54, 1.807) is 0 Å². The largest absolute Gasteiger partial charge is 0.493 e. The van der Waals surface area contributed by atoms with Gasteiger partial charge in [0.05, 0.1) is 6.61 Å². The number of hydrogen-bond donors (Lipinski definition) is 2. The van der Waals surface area contributed by atoms with E-state index in [0.717, 1.165) is 61.5 Å². The first-order chi connectivity index (χ1) is 15.6. The van der Waals surface area contributed by atoms with Crippen molar-refractivity contribution in [3.05, 3.63) is 64.7 Å². The van der Waals surface area contributed by atoms with Gasteiger partial charge in [0.15, 0.2) is 0 Å². The van der Waals surface area contributed by atoms with Gasteiger partial charge in [-0.1, -0.05) is 18.2 Å². The molecule has 2 aliphatic rings. The molecule has 0 aliphatic carbocycles. The topological polar surface area (TPSA) is 70.7 Å². The standard InChI is InChI=1S/C26H33N3O3/c1-3-29(4-2)26(31)19-7-5-18(6-8-19)23-12-14-27-13-11-21(23)17-32-22-10-9-20-16-28-25(30)24(20)15-22/h5-10,15,21,23,27H,3-4,11-14,16-17H2,1-2H3,(H,28,30). The molecule has 170 valence electrons. The van der Waals surface area contributed by atoms with Crippen LogP contribution in [0.15, 0.2) is 42.5 Å². The van der Waals surface area contributed by atoms with Gasteiger partial charge in [-0.25, -0.2) is 0 Å². The van der Waals surface area contributed by atoms with Crippen molar-refractivity contribution in [1.82, 2.24) is 15.5 Å². The first-order valence-corrected chi connectivity index (χ1v) is 11.7. The Morgan fingerprint density at radius 1 is 1.06 bits per heavy atom. The van der Waals surface area contributed by atoms with Gasteiger partial charge >= 0.3 is 0 Å². The number of fused-ring (bicyclic) bond motifs is 1. The second-order valence-electron chi connectivity index (χ2n) is 8.61. The highest BCUT2D eigenvalue weighted by atomic mass is 16.5. The molecule has 4 rings (SSSR count). The zero-order chi connectivity index (χ0) is 22.5. The van der Waals surface area contributed by atoms with E-state index in [9.17, 15) is 9.59 Å². The molecule has 0 bridgehead atoms. The van der Waals surface area contributed by atoms with Gasteiger partial charge in [-0.3, -0.25) is 9.59 Å². The SMILES string of the molecule is CCN(CC)C(=O)c1ccc(C2CCNCCC2COc2ccc3c(c2)C(=O)NC3)cc1. The number of carbonyl (C=O) groups is 2. The van der Waals surface area contributed by atoms with Crippen molar-refractivity contribution in [2.24, 2.45) is 5.92 Å². The smallest absolute Gasteiger partial charge is 0.253 e. The molecule has 2 atom stereocenters. The van der Waals surface area contributed by atoms with Gasteiger partial charge in [-0.2, -0.15) is 0 Å². The number of nitrogens with one attached hydrogen (secondary N) is 2. The summed E-state index contributed by atoms with van der Waals surface area (Å²) in [5.41, 5.74) is 3.74. The highest BCUT2D eigenvalue weighted by molar-refractivity contribution is 5.98. The molecule has 2 amide bonds. The Kier molecular flexibility index (Phi) is 7.10. The van der Waals surface area contributed by atoms with Gasteiger partial charge in [0, 0.05) is 36.7 Å². The number of amides is 2. The van der Waals surface area contributed by atoms with Crippen molar-refractivity contribution in [2.75, 3.05) is 32.8 Å². The van der Waals surface area contributed by atoms with E-state index >= 15 is 0 Å². The van der Waals surface area contributed by atoms with Gasteiger partial charge in [-0.15, -0.1) is 0 Å². The van der Waals surface area contributed by atoms with Crippen LogP contribution in [0.1, 0.15) is 64.4 Å². The Morgan fingerprint density at radius 3 is 2.56 bits per heavy atom. The fourth-order valence-corrected chi connectivity index (χ4v) is 4.80. The maximum atomic E-state index is 12.6.